The van der Waals surface area contributed by atoms with Crippen LogP contribution in [-0.2, 0) is 41.5 Å². The molecule has 182 valence electrons. The Kier molecular flexibility index (Phi) is 7.42. The number of hydrogen-bond acceptors (Lipinski definition) is 6. The molecule has 1 fully saturated rings. The molecule has 0 radical (unpaired) electrons. The summed E-state index contributed by atoms with van der Waals surface area (Å²) in [6.45, 7) is 6.80. The molecule has 2 aromatic heterocycles. The second kappa shape index (κ2) is 9.91. The van der Waals surface area contributed by atoms with E-state index in [1.54, 1.807) is 0 Å². The number of carboxylic acid groups (broad SMARTS) is 1. The molecule has 0 bridgehead atoms. The summed E-state index contributed by atoms with van der Waals surface area (Å²) in [7, 11) is 3.94. The smallest absolute Gasteiger partial charge is 0.475 e. The molecule has 1 atom stereocenters. The number of aryl methyl sites for hydroxylation is 3. The number of aromatic nitrogens is 4. The second-order valence-electron chi connectivity index (χ2n) is 8.05. The lowest BCUT2D eigenvalue weighted by molar-refractivity contribution is -0.192. The van der Waals surface area contributed by atoms with Gasteiger partial charge < -0.3 is 19.3 Å². The molecule has 2 aliphatic heterocycles. The maximum atomic E-state index is 13.2. The highest BCUT2D eigenvalue weighted by atomic mass is 19.4. The second-order valence-corrected chi connectivity index (χ2v) is 8.05. The van der Waals surface area contributed by atoms with Crippen LogP contribution in [0.2, 0.25) is 0 Å². The van der Waals surface area contributed by atoms with Gasteiger partial charge in [0.15, 0.2) is 0 Å². The van der Waals surface area contributed by atoms with Gasteiger partial charge in [0.1, 0.15) is 0 Å². The summed E-state index contributed by atoms with van der Waals surface area (Å²) in [5.74, 6) is -2.75. The van der Waals surface area contributed by atoms with E-state index in [-0.39, 0.29) is 11.8 Å². The highest BCUT2D eigenvalue weighted by Crippen LogP contribution is 2.30. The lowest BCUT2D eigenvalue weighted by Gasteiger charge is -2.36. The summed E-state index contributed by atoms with van der Waals surface area (Å²) >= 11 is 0. The lowest BCUT2D eigenvalue weighted by Crippen LogP contribution is -2.47. The maximum Gasteiger partial charge on any atom is 0.490 e. The molecule has 0 aromatic carbocycles. The highest BCUT2D eigenvalue weighted by molar-refractivity contribution is 5.84. The molecule has 2 aromatic rings. The lowest BCUT2D eigenvalue weighted by atomic mass is 9.96. The fourth-order valence-corrected chi connectivity index (χ4v) is 4.04. The van der Waals surface area contributed by atoms with Gasteiger partial charge in [0.2, 0.25) is 5.91 Å². The molecular weight excluding hydrogens is 445 g/mol. The number of alkyl halides is 3. The van der Waals surface area contributed by atoms with Gasteiger partial charge in [-0.1, -0.05) is 0 Å². The first-order valence-electron chi connectivity index (χ1n) is 10.4. The van der Waals surface area contributed by atoms with Crippen LogP contribution in [0.3, 0.4) is 0 Å². The monoisotopic (exact) mass is 472 g/mol. The van der Waals surface area contributed by atoms with Gasteiger partial charge in [0.05, 0.1) is 48.2 Å². The first-order chi connectivity index (χ1) is 15.5. The number of rotatable bonds is 3. The fraction of sp³-hybridized carbons (Fsp3) is 0.600. The molecule has 0 spiro atoms. The van der Waals surface area contributed by atoms with Crippen LogP contribution in [0, 0.1) is 6.92 Å². The third-order valence-corrected chi connectivity index (χ3v) is 5.55. The fourth-order valence-electron chi connectivity index (χ4n) is 4.04. The molecule has 1 N–H and O–H groups in total. The Bertz CT molecular complexity index is 997. The molecule has 0 saturated carbocycles. The van der Waals surface area contributed by atoms with Gasteiger partial charge in [-0.3, -0.25) is 14.4 Å². The average molecular weight is 472 g/mol. The van der Waals surface area contributed by atoms with Crippen LogP contribution < -0.4 is 0 Å². The minimum Gasteiger partial charge on any atom is -0.475 e. The molecule has 2 aliphatic rings. The first-order valence-corrected chi connectivity index (χ1v) is 10.4. The van der Waals surface area contributed by atoms with E-state index in [9.17, 15) is 18.0 Å². The summed E-state index contributed by atoms with van der Waals surface area (Å²) in [5.41, 5.74) is 4.22. The number of hydrogen-bond donors (Lipinski definition) is 1. The van der Waals surface area contributed by atoms with E-state index in [2.05, 4.69) is 21.0 Å². The highest BCUT2D eigenvalue weighted by Gasteiger charge is 2.38. The summed E-state index contributed by atoms with van der Waals surface area (Å²) in [4.78, 5) is 30.9. The van der Waals surface area contributed by atoms with Gasteiger partial charge >= 0.3 is 12.1 Å². The normalized spacial score (nSPS) is 19.0. The van der Waals surface area contributed by atoms with Crippen molar-refractivity contribution in [3.05, 3.63) is 35.2 Å². The molecule has 1 amide bonds. The van der Waals surface area contributed by atoms with Crippen LogP contribution >= 0.6 is 0 Å². The Labute approximate surface area is 188 Å². The van der Waals surface area contributed by atoms with Crippen molar-refractivity contribution < 1.29 is 32.6 Å². The zero-order chi connectivity index (χ0) is 24.3. The number of carbonyl (C=O) groups is 2. The topological polar surface area (TPSA) is 106 Å². The van der Waals surface area contributed by atoms with Crippen LogP contribution in [0.1, 0.15) is 28.7 Å². The SMILES string of the molecule is Cc1cc(CN2Cc3ncn(C)c3C(C(=O)N3CCOCC3)C2)n(C)n1.O=C(O)C(F)(F)F. The van der Waals surface area contributed by atoms with Crippen molar-refractivity contribution in [3.63, 3.8) is 0 Å². The number of carbonyl (C=O) groups excluding carboxylic acids is 1. The molecule has 1 unspecified atom stereocenters. The number of imidazole rings is 1. The average Bonchev–Trinajstić information content (AvgIpc) is 3.28. The molecule has 13 heteroatoms. The van der Waals surface area contributed by atoms with Gasteiger partial charge in [-0.2, -0.15) is 18.3 Å². The van der Waals surface area contributed by atoms with Crippen molar-refractivity contribution in [3.8, 4) is 0 Å². The van der Waals surface area contributed by atoms with Crippen molar-refractivity contribution in [2.24, 2.45) is 14.1 Å². The number of amides is 1. The van der Waals surface area contributed by atoms with Crippen molar-refractivity contribution in [1.82, 2.24) is 29.1 Å². The van der Waals surface area contributed by atoms with Crippen LogP contribution in [0.4, 0.5) is 13.2 Å². The number of ether oxygens (including phenoxy) is 1. The minimum atomic E-state index is -5.08. The first kappa shape index (κ1) is 24.7. The molecular formula is C20H27F3N6O4. The number of carboxylic acids is 1. The van der Waals surface area contributed by atoms with E-state index >= 15 is 0 Å². The standard InChI is InChI=1S/C18H26N6O2.C2HF3O2/c1-13-8-14(22(3)20-13)9-23-10-15(17-16(11-23)19-12-21(17)2)18(25)24-4-6-26-7-5-24;3-2(4,5)1(6)7/h8,12,15H,4-7,9-11H2,1-3H3;(H,6,7). The third-order valence-electron chi connectivity index (χ3n) is 5.55. The Morgan fingerprint density at radius 2 is 1.88 bits per heavy atom. The zero-order valence-electron chi connectivity index (χ0n) is 18.7. The Balaban J connectivity index is 0.000000383. The van der Waals surface area contributed by atoms with Crippen molar-refractivity contribution in [2.45, 2.75) is 32.1 Å². The Hall–Kier alpha value is -2.93. The largest absolute Gasteiger partial charge is 0.490 e. The molecule has 0 aliphatic carbocycles. The summed E-state index contributed by atoms with van der Waals surface area (Å²) < 4.78 is 41.1. The molecule has 1 saturated heterocycles. The van der Waals surface area contributed by atoms with Crippen LogP contribution in [-0.4, -0.2) is 85.1 Å². The van der Waals surface area contributed by atoms with E-state index in [0.717, 1.165) is 35.9 Å². The number of nitrogens with zero attached hydrogens (tertiary/aromatic N) is 6. The van der Waals surface area contributed by atoms with Gasteiger partial charge in [0.25, 0.3) is 0 Å². The summed E-state index contributed by atoms with van der Waals surface area (Å²) in [5, 5.41) is 11.6. The van der Waals surface area contributed by atoms with Crippen molar-refractivity contribution in [1.29, 1.82) is 0 Å². The predicted molar refractivity (Wildman–Crippen MR) is 109 cm³/mol. The molecule has 10 nitrogen and oxygen atoms in total. The maximum absolute atomic E-state index is 13.2. The van der Waals surface area contributed by atoms with Crippen LogP contribution in [0.15, 0.2) is 12.4 Å². The Morgan fingerprint density at radius 3 is 2.42 bits per heavy atom. The number of halogens is 3. The van der Waals surface area contributed by atoms with Gasteiger partial charge in [-0.05, 0) is 13.0 Å². The van der Waals surface area contributed by atoms with Gasteiger partial charge in [-0.15, -0.1) is 0 Å². The quantitative estimate of drug-likeness (QED) is 0.712. The van der Waals surface area contributed by atoms with E-state index in [0.29, 0.717) is 32.8 Å². The predicted octanol–water partition coefficient (Wildman–Crippen LogP) is 1.05. The molecule has 4 rings (SSSR count). The molecule has 4 heterocycles. The number of aliphatic carboxylic acids is 1. The van der Waals surface area contributed by atoms with Crippen LogP contribution in [0.5, 0.6) is 0 Å². The minimum absolute atomic E-state index is 0.182. The molecule has 33 heavy (non-hydrogen) atoms. The van der Waals surface area contributed by atoms with E-state index in [4.69, 9.17) is 14.6 Å². The van der Waals surface area contributed by atoms with E-state index < -0.39 is 12.1 Å². The zero-order valence-corrected chi connectivity index (χ0v) is 18.7. The van der Waals surface area contributed by atoms with E-state index in [1.165, 1.54) is 0 Å². The third kappa shape index (κ3) is 5.90. The van der Waals surface area contributed by atoms with E-state index in [1.807, 2.05) is 41.5 Å². The Morgan fingerprint density at radius 1 is 1.24 bits per heavy atom. The van der Waals surface area contributed by atoms with Gasteiger partial charge in [-0.25, -0.2) is 9.78 Å². The number of morpholine rings is 1. The van der Waals surface area contributed by atoms with Crippen LogP contribution in [0.25, 0.3) is 0 Å². The van der Waals surface area contributed by atoms with Gasteiger partial charge in [0, 0.05) is 46.8 Å². The van der Waals surface area contributed by atoms with Crippen molar-refractivity contribution in [2.75, 3.05) is 32.8 Å². The number of fused-ring (bicyclic) bond motifs is 1. The summed E-state index contributed by atoms with van der Waals surface area (Å²) in [6.07, 6.45) is -3.26. The van der Waals surface area contributed by atoms with Crippen molar-refractivity contribution >= 4 is 11.9 Å². The summed E-state index contributed by atoms with van der Waals surface area (Å²) in [6, 6.07) is 2.10.